The second-order valence-electron chi connectivity index (χ2n) is 5.08. The van der Waals surface area contributed by atoms with E-state index in [0.29, 0.717) is 6.41 Å². The van der Waals surface area contributed by atoms with Gasteiger partial charge in [0.25, 0.3) is 0 Å². The van der Waals surface area contributed by atoms with Gasteiger partial charge in [0.2, 0.25) is 6.41 Å². The Morgan fingerprint density at radius 3 is 2.32 bits per heavy atom. The Bertz CT molecular complexity index is 448. The maximum atomic E-state index is 12.0. The Morgan fingerprint density at radius 2 is 1.89 bits per heavy atom. The zero-order valence-electron chi connectivity index (χ0n) is 11.5. The van der Waals surface area contributed by atoms with Crippen molar-refractivity contribution in [3.63, 3.8) is 0 Å². The van der Waals surface area contributed by atoms with Crippen LogP contribution in [0.5, 0.6) is 0 Å². The number of imide groups is 1. The number of benzene rings is 1. The summed E-state index contributed by atoms with van der Waals surface area (Å²) in [6, 6.07) is 8.66. The van der Waals surface area contributed by atoms with E-state index in [4.69, 9.17) is 4.74 Å². The molecule has 1 atom stereocenters. The van der Waals surface area contributed by atoms with Gasteiger partial charge in [0.15, 0.2) is 0 Å². The molecule has 0 aliphatic heterocycles. The van der Waals surface area contributed by atoms with E-state index >= 15 is 0 Å². The molecular formula is C15H19NO3. The third-order valence-electron chi connectivity index (χ3n) is 2.38. The van der Waals surface area contributed by atoms with Gasteiger partial charge >= 0.3 is 6.09 Å². The molecule has 1 aromatic rings. The van der Waals surface area contributed by atoms with Gasteiger partial charge in [-0.05, 0) is 26.3 Å². The number of hydrogen-bond donors (Lipinski definition) is 0. The largest absolute Gasteiger partial charge is 0.443 e. The van der Waals surface area contributed by atoms with Crippen LogP contribution in [0, 0.1) is 0 Å². The van der Waals surface area contributed by atoms with E-state index in [1.165, 1.54) is 6.08 Å². The Balaban J connectivity index is 2.97. The van der Waals surface area contributed by atoms with Gasteiger partial charge < -0.3 is 4.74 Å². The Kier molecular flexibility index (Phi) is 4.87. The molecule has 0 saturated heterocycles. The monoisotopic (exact) mass is 261 g/mol. The highest BCUT2D eigenvalue weighted by Gasteiger charge is 2.27. The molecule has 0 aliphatic carbocycles. The summed E-state index contributed by atoms with van der Waals surface area (Å²) in [5, 5.41) is 0. The van der Waals surface area contributed by atoms with Gasteiger partial charge in [-0.25, -0.2) is 9.69 Å². The molecule has 1 unspecified atom stereocenters. The molecule has 0 aliphatic rings. The van der Waals surface area contributed by atoms with Gasteiger partial charge in [-0.15, -0.1) is 6.58 Å². The van der Waals surface area contributed by atoms with Crippen LogP contribution in [0.4, 0.5) is 4.79 Å². The van der Waals surface area contributed by atoms with E-state index in [2.05, 4.69) is 6.58 Å². The summed E-state index contributed by atoms with van der Waals surface area (Å²) >= 11 is 0. The predicted molar refractivity (Wildman–Crippen MR) is 73.5 cm³/mol. The Morgan fingerprint density at radius 1 is 1.32 bits per heavy atom. The molecule has 0 aromatic heterocycles. The van der Waals surface area contributed by atoms with Crippen molar-refractivity contribution in [1.82, 2.24) is 4.90 Å². The van der Waals surface area contributed by atoms with Crippen LogP contribution in [0.1, 0.15) is 32.4 Å². The molecule has 2 amide bonds. The first-order valence-electron chi connectivity index (χ1n) is 6.03. The molecular weight excluding hydrogens is 242 g/mol. The minimum absolute atomic E-state index is 0.466. The first-order chi connectivity index (χ1) is 8.89. The standard InChI is InChI=1S/C15H19NO3/c1-5-13(12-9-7-6-8-10-12)16(11-17)14(18)19-15(2,3)4/h5-11,13H,1H2,2-4H3. The molecule has 102 valence electrons. The zero-order chi connectivity index (χ0) is 14.5. The van der Waals surface area contributed by atoms with Crippen LogP contribution in [-0.2, 0) is 9.53 Å². The van der Waals surface area contributed by atoms with Gasteiger partial charge in [-0.3, -0.25) is 4.79 Å². The minimum atomic E-state index is -0.684. The average molecular weight is 261 g/mol. The van der Waals surface area contributed by atoms with Crippen molar-refractivity contribution in [2.45, 2.75) is 32.4 Å². The third kappa shape index (κ3) is 4.25. The smallest absolute Gasteiger partial charge is 0.417 e. The number of rotatable bonds is 4. The maximum absolute atomic E-state index is 12.0. The third-order valence-corrected chi connectivity index (χ3v) is 2.38. The van der Waals surface area contributed by atoms with Crippen molar-refractivity contribution in [3.05, 3.63) is 48.6 Å². The molecule has 19 heavy (non-hydrogen) atoms. The maximum Gasteiger partial charge on any atom is 0.417 e. The Hall–Kier alpha value is -2.10. The predicted octanol–water partition coefficient (Wildman–Crippen LogP) is 3.31. The molecule has 4 nitrogen and oxygen atoms in total. The highest BCUT2D eigenvalue weighted by atomic mass is 16.6. The van der Waals surface area contributed by atoms with E-state index < -0.39 is 17.7 Å². The number of carbonyl (C=O) groups excluding carboxylic acids is 2. The summed E-state index contributed by atoms with van der Waals surface area (Å²) in [6.45, 7) is 8.92. The van der Waals surface area contributed by atoms with Gasteiger partial charge in [0.05, 0.1) is 6.04 Å². The fourth-order valence-corrected chi connectivity index (χ4v) is 1.60. The molecule has 0 N–H and O–H groups in total. The van der Waals surface area contributed by atoms with E-state index in [9.17, 15) is 9.59 Å². The summed E-state index contributed by atoms with van der Waals surface area (Å²) in [5.41, 5.74) is 0.149. The molecule has 0 spiro atoms. The fraction of sp³-hybridized carbons (Fsp3) is 0.333. The van der Waals surface area contributed by atoms with Crippen molar-refractivity contribution in [1.29, 1.82) is 0 Å². The molecule has 0 fully saturated rings. The van der Waals surface area contributed by atoms with Crippen LogP contribution in [-0.4, -0.2) is 23.0 Å². The fourth-order valence-electron chi connectivity index (χ4n) is 1.60. The summed E-state index contributed by atoms with van der Waals surface area (Å²) in [5.74, 6) is 0. The van der Waals surface area contributed by atoms with Crippen molar-refractivity contribution >= 4 is 12.5 Å². The topological polar surface area (TPSA) is 46.6 Å². The van der Waals surface area contributed by atoms with Crippen LogP contribution < -0.4 is 0 Å². The minimum Gasteiger partial charge on any atom is -0.443 e. The highest BCUT2D eigenvalue weighted by molar-refractivity contribution is 5.81. The lowest BCUT2D eigenvalue weighted by atomic mass is 10.1. The van der Waals surface area contributed by atoms with Gasteiger partial charge in [-0.1, -0.05) is 36.4 Å². The summed E-state index contributed by atoms with van der Waals surface area (Å²) < 4.78 is 5.20. The lowest BCUT2D eigenvalue weighted by molar-refractivity contribution is -0.118. The average Bonchev–Trinajstić information content (AvgIpc) is 2.34. The van der Waals surface area contributed by atoms with Crippen LogP contribution >= 0.6 is 0 Å². The van der Waals surface area contributed by atoms with Crippen molar-refractivity contribution < 1.29 is 14.3 Å². The first kappa shape index (κ1) is 15.0. The van der Waals surface area contributed by atoms with E-state index in [1.54, 1.807) is 20.8 Å². The SMILES string of the molecule is C=CC(c1ccccc1)N(C=O)C(=O)OC(C)(C)C. The second kappa shape index (κ2) is 6.18. The highest BCUT2D eigenvalue weighted by Crippen LogP contribution is 2.22. The van der Waals surface area contributed by atoms with Gasteiger partial charge in [0.1, 0.15) is 5.60 Å². The van der Waals surface area contributed by atoms with Gasteiger partial charge in [-0.2, -0.15) is 0 Å². The second-order valence-corrected chi connectivity index (χ2v) is 5.08. The Labute approximate surface area is 113 Å². The van der Waals surface area contributed by atoms with Crippen LogP contribution in [0.15, 0.2) is 43.0 Å². The number of nitrogens with zero attached hydrogens (tertiary/aromatic N) is 1. The van der Waals surface area contributed by atoms with Crippen molar-refractivity contribution in [2.24, 2.45) is 0 Å². The van der Waals surface area contributed by atoms with Crippen molar-refractivity contribution in [3.8, 4) is 0 Å². The van der Waals surface area contributed by atoms with Crippen LogP contribution in [0.3, 0.4) is 0 Å². The lowest BCUT2D eigenvalue weighted by Gasteiger charge is -2.28. The molecule has 0 saturated carbocycles. The molecule has 1 rings (SSSR count). The van der Waals surface area contributed by atoms with E-state index in [1.807, 2.05) is 30.3 Å². The normalized spacial score (nSPS) is 12.4. The quantitative estimate of drug-likeness (QED) is 0.617. The molecule has 0 radical (unpaired) electrons. The number of amides is 2. The number of hydrogen-bond acceptors (Lipinski definition) is 3. The molecule has 0 bridgehead atoms. The zero-order valence-corrected chi connectivity index (χ0v) is 11.5. The van der Waals surface area contributed by atoms with Gasteiger partial charge in [0, 0.05) is 0 Å². The molecule has 1 aromatic carbocycles. The molecule has 4 heteroatoms. The molecule has 0 heterocycles. The summed E-state index contributed by atoms with van der Waals surface area (Å²) in [4.78, 5) is 24.2. The van der Waals surface area contributed by atoms with Crippen LogP contribution in [0.25, 0.3) is 0 Å². The van der Waals surface area contributed by atoms with Crippen LogP contribution in [0.2, 0.25) is 0 Å². The van der Waals surface area contributed by atoms with E-state index in [-0.39, 0.29) is 0 Å². The van der Waals surface area contributed by atoms with E-state index in [0.717, 1.165) is 10.5 Å². The first-order valence-corrected chi connectivity index (χ1v) is 6.03. The van der Waals surface area contributed by atoms with Crippen molar-refractivity contribution in [2.75, 3.05) is 0 Å². The number of carbonyl (C=O) groups is 2. The lowest BCUT2D eigenvalue weighted by Crippen LogP contribution is -2.37. The summed E-state index contributed by atoms with van der Waals surface area (Å²) in [6.07, 6.45) is 1.32. The number of ether oxygens (including phenoxy) is 1. The summed E-state index contributed by atoms with van der Waals surface area (Å²) in [7, 11) is 0.